The van der Waals surface area contributed by atoms with Crippen LogP contribution in [0.25, 0.3) is 0 Å². The Balaban J connectivity index is 1.99. The van der Waals surface area contributed by atoms with Gasteiger partial charge in [-0.25, -0.2) is 0 Å². The van der Waals surface area contributed by atoms with E-state index in [0.29, 0.717) is 25.6 Å². The van der Waals surface area contributed by atoms with Gasteiger partial charge in [0.1, 0.15) is 0 Å². The van der Waals surface area contributed by atoms with Crippen LogP contribution < -0.4 is 16.0 Å². The van der Waals surface area contributed by atoms with Gasteiger partial charge in [0.15, 0.2) is 0 Å². The van der Waals surface area contributed by atoms with Crippen molar-refractivity contribution in [1.29, 1.82) is 0 Å². The molecule has 0 unspecified atom stereocenters. The Kier molecular flexibility index (Phi) is 4.93. The van der Waals surface area contributed by atoms with E-state index in [1.807, 2.05) is 20.8 Å². The van der Waals surface area contributed by atoms with Gasteiger partial charge in [0, 0.05) is 24.5 Å². The highest BCUT2D eigenvalue weighted by molar-refractivity contribution is 5.79. The molecule has 0 aromatic rings. The van der Waals surface area contributed by atoms with Crippen molar-refractivity contribution in [2.45, 2.75) is 51.6 Å². The second-order valence-electron chi connectivity index (χ2n) is 5.57. The van der Waals surface area contributed by atoms with Gasteiger partial charge in [-0.1, -0.05) is 0 Å². The van der Waals surface area contributed by atoms with E-state index < -0.39 is 0 Å². The topological polar surface area (TPSA) is 70.2 Å². The molecule has 0 saturated heterocycles. The quantitative estimate of drug-likeness (QED) is 0.580. The summed E-state index contributed by atoms with van der Waals surface area (Å²) in [6.45, 7) is 6.66. The van der Waals surface area contributed by atoms with E-state index in [1.54, 1.807) is 0 Å². The average molecular weight is 241 g/mol. The van der Waals surface area contributed by atoms with Crippen LogP contribution in [0.15, 0.2) is 0 Å². The summed E-state index contributed by atoms with van der Waals surface area (Å²) in [5, 5.41) is 8.71. The lowest BCUT2D eigenvalue weighted by atomic mass is 10.1. The lowest BCUT2D eigenvalue weighted by molar-refractivity contribution is -0.123. The summed E-state index contributed by atoms with van der Waals surface area (Å²) in [5.41, 5.74) is -0.194. The van der Waals surface area contributed by atoms with Gasteiger partial charge in [-0.3, -0.25) is 9.59 Å². The van der Waals surface area contributed by atoms with Crippen LogP contribution >= 0.6 is 0 Å². The Bertz CT molecular complexity index is 280. The molecule has 0 bridgehead atoms. The largest absolute Gasteiger partial charge is 0.352 e. The fourth-order valence-electron chi connectivity index (χ4n) is 1.39. The summed E-state index contributed by atoms with van der Waals surface area (Å²) < 4.78 is 0. The third kappa shape index (κ3) is 7.74. The fourth-order valence-corrected chi connectivity index (χ4v) is 1.39. The predicted octanol–water partition coefficient (Wildman–Crippen LogP) is 0.159. The maximum absolute atomic E-state index is 11.4. The molecule has 0 aliphatic heterocycles. The normalized spacial score (nSPS) is 15.5. The summed E-state index contributed by atoms with van der Waals surface area (Å²) in [6.07, 6.45) is 2.59. The first-order valence-electron chi connectivity index (χ1n) is 6.18. The molecular formula is C12H23N3O2. The van der Waals surface area contributed by atoms with E-state index in [0.717, 1.165) is 12.8 Å². The Labute approximate surface area is 103 Å². The summed E-state index contributed by atoms with van der Waals surface area (Å²) in [4.78, 5) is 22.7. The molecule has 0 heterocycles. The number of nitrogens with one attached hydrogen (secondary N) is 3. The standard InChI is InChI=1S/C12H23N3O2/c1-12(2,3)15-10(16)6-7-13-8-11(17)14-9-4-5-9/h9,13H,4-8H2,1-3H3,(H,14,17)(H,15,16). The van der Waals surface area contributed by atoms with E-state index in [2.05, 4.69) is 16.0 Å². The SMILES string of the molecule is CC(C)(C)NC(=O)CCNCC(=O)NC1CC1. The minimum Gasteiger partial charge on any atom is -0.352 e. The van der Waals surface area contributed by atoms with Crippen LogP contribution in [0.3, 0.4) is 0 Å². The van der Waals surface area contributed by atoms with Gasteiger partial charge in [-0.2, -0.15) is 0 Å². The molecule has 2 amide bonds. The van der Waals surface area contributed by atoms with E-state index in [9.17, 15) is 9.59 Å². The lowest BCUT2D eigenvalue weighted by Gasteiger charge is -2.20. The van der Waals surface area contributed by atoms with Gasteiger partial charge in [-0.05, 0) is 33.6 Å². The van der Waals surface area contributed by atoms with Crippen molar-refractivity contribution >= 4 is 11.8 Å². The second-order valence-corrected chi connectivity index (χ2v) is 5.57. The third-order valence-corrected chi connectivity index (χ3v) is 2.27. The van der Waals surface area contributed by atoms with Crippen LogP contribution in [0.4, 0.5) is 0 Å². The van der Waals surface area contributed by atoms with E-state index in [1.165, 1.54) is 0 Å². The number of hydrogen-bond acceptors (Lipinski definition) is 3. The van der Waals surface area contributed by atoms with Crippen LogP contribution in [0.1, 0.15) is 40.0 Å². The molecule has 1 aliphatic rings. The van der Waals surface area contributed by atoms with Gasteiger partial charge in [0.2, 0.25) is 11.8 Å². The molecular weight excluding hydrogens is 218 g/mol. The zero-order chi connectivity index (χ0) is 12.9. The van der Waals surface area contributed by atoms with Crippen molar-refractivity contribution in [3.05, 3.63) is 0 Å². The van der Waals surface area contributed by atoms with Crippen molar-refractivity contribution in [3.8, 4) is 0 Å². The maximum atomic E-state index is 11.4. The molecule has 0 aromatic heterocycles. The molecule has 0 aromatic carbocycles. The molecule has 3 N–H and O–H groups in total. The minimum atomic E-state index is -0.194. The molecule has 1 aliphatic carbocycles. The molecule has 1 rings (SSSR count). The van der Waals surface area contributed by atoms with Crippen molar-refractivity contribution in [3.63, 3.8) is 0 Å². The second kappa shape index (κ2) is 6.00. The Morgan fingerprint density at radius 2 is 1.82 bits per heavy atom. The fraction of sp³-hybridized carbons (Fsp3) is 0.833. The lowest BCUT2D eigenvalue weighted by Crippen LogP contribution is -2.42. The zero-order valence-electron chi connectivity index (χ0n) is 10.9. The third-order valence-electron chi connectivity index (χ3n) is 2.27. The first-order valence-corrected chi connectivity index (χ1v) is 6.18. The average Bonchev–Trinajstić information content (AvgIpc) is 2.93. The molecule has 1 saturated carbocycles. The zero-order valence-corrected chi connectivity index (χ0v) is 10.9. The van der Waals surface area contributed by atoms with Crippen LogP contribution in [-0.4, -0.2) is 36.5 Å². The molecule has 0 spiro atoms. The highest BCUT2D eigenvalue weighted by atomic mass is 16.2. The monoisotopic (exact) mass is 241 g/mol. The van der Waals surface area contributed by atoms with Crippen molar-refractivity contribution < 1.29 is 9.59 Å². The summed E-state index contributed by atoms with van der Waals surface area (Å²) in [7, 11) is 0. The van der Waals surface area contributed by atoms with Crippen molar-refractivity contribution in [2.75, 3.05) is 13.1 Å². The molecule has 5 heteroatoms. The summed E-state index contributed by atoms with van der Waals surface area (Å²) in [5.74, 6) is 0.0244. The van der Waals surface area contributed by atoms with Crippen LogP contribution in [0, 0.1) is 0 Å². The first-order chi connectivity index (χ1) is 7.87. The van der Waals surface area contributed by atoms with Gasteiger partial charge in [0.05, 0.1) is 6.54 Å². The molecule has 17 heavy (non-hydrogen) atoms. The van der Waals surface area contributed by atoms with Crippen LogP contribution in [0.2, 0.25) is 0 Å². The summed E-state index contributed by atoms with van der Waals surface area (Å²) in [6, 6.07) is 0.397. The van der Waals surface area contributed by atoms with E-state index in [4.69, 9.17) is 0 Å². The molecule has 1 fully saturated rings. The van der Waals surface area contributed by atoms with Crippen molar-refractivity contribution in [1.82, 2.24) is 16.0 Å². The Hall–Kier alpha value is -1.10. The highest BCUT2D eigenvalue weighted by Crippen LogP contribution is 2.18. The van der Waals surface area contributed by atoms with Gasteiger partial charge < -0.3 is 16.0 Å². The van der Waals surface area contributed by atoms with Gasteiger partial charge >= 0.3 is 0 Å². The number of carbonyl (C=O) groups excluding carboxylic acids is 2. The van der Waals surface area contributed by atoms with E-state index >= 15 is 0 Å². The maximum Gasteiger partial charge on any atom is 0.234 e. The number of rotatable bonds is 6. The molecule has 0 atom stereocenters. The molecule has 5 nitrogen and oxygen atoms in total. The first kappa shape index (κ1) is 14.0. The van der Waals surface area contributed by atoms with Crippen LogP contribution in [0.5, 0.6) is 0 Å². The Morgan fingerprint density at radius 1 is 1.18 bits per heavy atom. The van der Waals surface area contributed by atoms with Crippen LogP contribution in [-0.2, 0) is 9.59 Å². The van der Waals surface area contributed by atoms with Gasteiger partial charge in [0.25, 0.3) is 0 Å². The molecule has 98 valence electrons. The van der Waals surface area contributed by atoms with Gasteiger partial charge in [-0.15, -0.1) is 0 Å². The highest BCUT2D eigenvalue weighted by Gasteiger charge is 2.22. The Morgan fingerprint density at radius 3 is 2.35 bits per heavy atom. The number of carbonyl (C=O) groups is 2. The predicted molar refractivity (Wildman–Crippen MR) is 66.5 cm³/mol. The van der Waals surface area contributed by atoms with Crippen molar-refractivity contribution in [2.24, 2.45) is 0 Å². The molecule has 0 radical (unpaired) electrons. The number of hydrogen-bond donors (Lipinski definition) is 3. The minimum absolute atomic E-state index is 0.00704. The smallest absolute Gasteiger partial charge is 0.234 e. The van der Waals surface area contributed by atoms with E-state index in [-0.39, 0.29) is 17.4 Å². The number of amides is 2. The summed E-state index contributed by atoms with van der Waals surface area (Å²) >= 11 is 0.